The average molecular weight is 223 g/mol. The highest BCUT2D eigenvalue weighted by Gasteiger charge is 2.00. The summed E-state index contributed by atoms with van der Waals surface area (Å²) < 4.78 is 1.91. The quantitative estimate of drug-likeness (QED) is 0.668. The zero-order valence-corrected chi connectivity index (χ0v) is 9.67. The molecule has 0 aliphatic heterocycles. The Morgan fingerprint density at radius 2 is 2.00 bits per heavy atom. The van der Waals surface area contributed by atoms with Crippen LogP contribution in [0, 0.1) is 6.92 Å². The van der Waals surface area contributed by atoms with Crippen molar-refractivity contribution >= 4 is 10.9 Å². The first-order valence-corrected chi connectivity index (χ1v) is 5.65. The number of pyridine rings is 1. The molecule has 0 aliphatic rings. The Morgan fingerprint density at radius 1 is 1.12 bits per heavy atom. The normalized spacial score (nSPS) is 10.9. The Balaban J connectivity index is 1.95. The van der Waals surface area contributed by atoms with E-state index >= 15 is 0 Å². The van der Waals surface area contributed by atoms with Crippen LogP contribution in [0.1, 0.15) is 11.3 Å². The molecule has 3 rings (SSSR count). The number of nitrogens with zero attached hydrogens (tertiary/aromatic N) is 3. The van der Waals surface area contributed by atoms with E-state index in [1.165, 1.54) is 10.9 Å². The molecule has 17 heavy (non-hydrogen) atoms. The van der Waals surface area contributed by atoms with Crippen LogP contribution in [0.5, 0.6) is 0 Å². The lowest BCUT2D eigenvalue weighted by atomic mass is 10.2. The van der Waals surface area contributed by atoms with Gasteiger partial charge < -0.3 is 0 Å². The van der Waals surface area contributed by atoms with E-state index < -0.39 is 0 Å². The van der Waals surface area contributed by atoms with Gasteiger partial charge in [-0.05, 0) is 24.6 Å². The van der Waals surface area contributed by atoms with Crippen molar-refractivity contribution in [1.82, 2.24) is 14.8 Å². The van der Waals surface area contributed by atoms with Crippen molar-refractivity contribution < 1.29 is 0 Å². The van der Waals surface area contributed by atoms with Gasteiger partial charge in [0.2, 0.25) is 0 Å². The Kier molecular flexibility index (Phi) is 2.37. The van der Waals surface area contributed by atoms with Crippen molar-refractivity contribution in [3.63, 3.8) is 0 Å². The highest BCUT2D eigenvalue weighted by Crippen LogP contribution is 2.12. The number of hydrogen-bond acceptors (Lipinski definition) is 2. The number of para-hydroxylation sites is 1. The van der Waals surface area contributed by atoms with Crippen LogP contribution in [0.3, 0.4) is 0 Å². The van der Waals surface area contributed by atoms with E-state index in [0.717, 1.165) is 17.8 Å². The summed E-state index contributed by atoms with van der Waals surface area (Å²) in [5.74, 6) is 0. The molecule has 0 saturated heterocycles. The van der Waals surface area contributed by atoms with Gasteiger partial charge in [-0.15, -0.1) is 0 Å². The summed E-state index contributed by atoms with van der Waals surface area (Å²) >= 11 is 0. The molecule has 3 nitrogen and oxygen atoms in total. The summed E-state index contributed by atoms with van der Waals surface area (Å²) in [7, 11) is 0. The number of fused-ring (bicyclic) bond motifs is 1. The number of aryl methyl sites for hydroxylation is 1. The predicted molar refractivity (Wildman–Crippen MR) is 67.8 cm³/mol. The molecule has 0 bridgehead atoms. The second kappa shape index (κ2) is 4.01. The third kappa shape index (κ3) is 2.04. The molecule has 0 fully saturated rings. The fourth-order valence-electron chi connectivity index (χ4n) is 1.92. The molecule has 0 saturated carbocycles. The molecule has 2 heterocycles. The summed E-state index contributed by atoms with van der Waals surface area (Å²) in [6, 6.07) is 12.3. The van der Waals surface area contributed by atoms with Crippen LogP contribution in [0.25, 0.3) is 10.9 Å². The smallest absolute Gasteiger partial charge is 0.0831 e. The molecular weight excluding hydrogens is 210 g/mol. The number of hydrogen-bond donors (Lipinski definition) is 0. The van der Waals surface area contributed by atoms with Gasteiger partial charge in [0, 0.05) is 11.6 Å². The van der Waals surface area contributed by atoms with Crippen molar-refractivity contribution in [3.8, 4) is 0 Å². The molecule has 84 valence electrons. The van der Waals surface area contributed by atoms with Gasteiger partial charge in [0.05, 0.1) is 24.0 Å². The molecule has 0 aliphatic carbocycles. The number of benzene rings is 1. The van der Waals surface area contributed by atoms with Crippen molar-refractivity contribution in [2.24, 2.45) is 0 Å². The maximum Gasteiger partial charge on any atom is 0.0831 e. The molecule has 0 atom stereocenters. The van der Waals surface area contributed by atoms with E-state index in [4.69, 9.17) is 0 Å². The molecule has 0 radical (unpaired) electrons. The van der Waals surface area contributed by atoms with Gasteiger partial charge in [0.25, 0.3) is 0 Å². The summed E-state index contributed by atoms with van der Waals surface area (Å²) in [5.41, 5.74) is 3.24. The minimum Gasteiger partial charge on any atom is -0.266 e. The Labute approximate surface area is 99.7 Å². The van der Waals surface area contributed by atoms with Crippen molar-refractivity contribution in [3.05, 3.63) is 60.0 Å². The SMILES string of the molecule is Cc1cnn(Cc2ccc3ccccc3n2)c1. The van der Waals surface area contributed by atoms with Crippen LogP contribution in [0.15, 0.2) is 48.8 Å². The highest BCUT2D eigenvalue weighted by atomic mass is 15.3. The number of rotatable bonds is 2. The topological polar surface area (TPSA) is 30.7 Å². The van der Waals surface area contributed by atoms with E-state index in [0.29, 0.717) is 0 Å². The zero-order chi connectivity index (χ0) is 11.7. The van der Waals surface area contributed by atoms with Crippen LogP contribution >= 0.6 is 0 Å². The van der Waals surface area contributed by atoms with E-state index in [1.54, 1.807) is 0 Å². The lowest BCUT2D eigenvalue weighted by Crippen LogP contribution is -2.01. The fraction of sp³-hybridized carbons (Fsp3) is 0.143. The second-order valence-corrected chi connectivity index (χ2v) is 4.21. The minimum absolute atomic E-state index is 0.721. The first kappa shape index (κ1) is 10.0. The van der Waals surface area contributed by atoms with Gasteiger partial charge in [-0.25, -0.2) is 0 Å². The first-order chi connectivity index (χ1) is 8.31. The van der Waals surface area contributed by atoms with Crippen molar-refractivity contribution in [1.29, 1.82) is 0 Å². The van der Waals surface area contributed by atoms with Gasteiger partial charge in [-0.1, -0.05) is 24.3 Å². The molecule has 0 unspecified atom stereocenters. The lowest BCUT2D eigenvalue weighted by Gasteiger charge is -2.03. The third-order valence-corrected chi connectivity index (χ3v) is 2.74. The maximum atomic E-state index is 4.62. The minimum atomic E-state index is 0.721. The van der Waals surface area contributed by atoms with Crippen LogP contribution in [0.4, 0.5) is 0 Å². The highest BCUT2D eigenvalue weighted by molar-refractivity contribution is 5.78. The standard InChI is InChI=1S/C14H13N3/c1-11-8-15-17(9-11)10-13-7-6-12-4-2-3-5-14(12)16-13/h2-9H,10H2,1H3. The van der Waals surface area contributed by atoms with Gasteiger partial charge >= 0.3 is 0 Å². The van der Waals surface area contributed by atoms with Crippen LogP contribution in [0.2, 0.25) is 0 Å². The molecule has 0 N–H and O–H groups in total. The number of aromatic nitrogens is 3. The second-order valence-electron chi connectivity index (χ2n) is 4.21. The molecule has 1 aromatic carbocycles. The Morgan fingerprint density at radius 3 is 2.82 bits per heavy atom. The molecule has 0 spiro atoms. The van der Waals surface area contributed by atoms with E-state index in [9.17, 15) is 0 Å². The van der Waals surface area contributed by atoms with Crippen molar-refractivity contribution in [2.75, 3.05) is 0 Å². The Bertz CT molecular complexity index is 655. The van der Waals surface area contributed by atoms with E-state index in [-0.39, 0.29) is 0 Å². The first-order valence-electron chi connectivity index (χ1n) is 5.65. The predicted octanol–water partition coefficient (Wildman–Crippen LogP) is 2.79. The third-order valence-electron chi connectivity index (χ3n) is 2.74. The van der Waals surface area contributed by atoms with E-state index in [2.05, 4.69) is 28.3 Å². The van der Waals surface area contributed by atoms with Crippen LogP contribution in [-0.4, -0.2) is 14.8 Å². The summed E-state index contributed by atoms with van der Waals surface area (Å²) in [6.07, 6.45) is 3.89. The molecule has 3 heteroatoms. The van der Waals surface area contributed by atoms with E-state index in [1.807, 2.05) is 42.2 Å². The average Bonchev–Trinajstić information content (AvgIpc) is 2.75. The largest absolute Gasteiger partial charge is 0.266 e. The van der Waals surface area contributed by atoms with Crippen molar-refractivity contribution in [2.45, 2.75) is 13.5 Å². The molecule has 3 aromatic rings. The van der Waals surface area contributed by atoms with Gasteiger partial charge in [-0.3, -0.25) is 9.67 Å². The zero-order valence-electron chi connectivity index (χ0n) is 9.67. The monoisotopic (exact) mass is 223 g/mol. The summed E-state index contributed by atoms with van der Waals surface area (Å²) in [4.78, 5) is 4.62. The summed E-state index contributed by atoms with van der Waals surface area (Å²) in [6.45, 7) is 2.76. The van der Waals surface area contributed by atoms with Crippen LogP contribution in [-0.2, 0) is 6.54 Å². The van der Waals surface area contributed by atoms with Gasteiger partial charge in [-0.2, -0.15) is 5.10 Å². The summed E-state index contributed by atoms with van der Waals surface area (Å²) in [5, 5.41) is 5.44. The van der Waals surface area contributed by atoms with Gasteiger partial charge in [0.1, 0.15) is 0 Å². The molecular formula is C14H13N3. The molecule has 2 aromatic heterocycles. The Hall–Kier alpha value is -2.16. The van der Waals surface area contributed by atoms with Crippen LogP contribution < -0.4 is 0 Å². The maximum absolute atomic E-state index is 4.62. The molecule has 0 amide bonds. The fourth-order valence-corrected chi connectivity index (χ4v) is 1.92. The lowest BCUT2D eigenvalue weighted by molar-refractivity contribution is 0.674. The van der Waals surface area contributed by atoms with Gasteiger partial charge in [0.15, 0.2) is 0 Å².